The lowest BCUT2D eigenvalue weighted by atomic mass is 9.99. The average molecular weight is 359 g/mol. The van der Waals surface area contributed by atoms with Crippen LogP contribution in [0.4, 0.5) is 10.5 Å². The van der Waals surface area contributed by atoms with Crippen molar-refractivity contribution >= 4 is 17.6 Å². The maximum atomic E-state index is 12.6. The van der Waals surface area contributed by atoms with Crippen LogP contribution in [0.5, 0.6) is 0 Å². The molecule has 0 saturated carbocycles. The molecule has 6 nitrogen and oxygen atoms in total. The van der Waals surface area contributed by atoms with Crippen molar-refractivity contribution in [2.75, 3.05) is 25.0 Å². The third-order valence-corrected chi connectivity index (χ3v) is 5.08. The highest BCUT2D eigenvalue weighted by molar-refractivity contribution is 5.89. The summed E-state index contributed by atoms with van der Waals surface area (Å²) in [6.45, 7) is 7.90. The van der Waals surface area contributed by atoms with Gasteiger partial charge in [0.05, 0.1) is 18.1 Å². The molecule has 0 aromatic heterocycles. The van der Waals surface area contributed by atoms with Crippen LogP contribution in [0, 0.1) is 11.8 Å². The van der Waals surface area contributed by atoms with Crippen molar-refractivity contribution < 1.29 is 14.3 Å². The summed E-state index contributed by atoms with van der Waals surface area (Å²) in [6.07, 6.45) is 1.39. The molecule has 1 aromatic rings. The standard InChI is InChI=1S/C20H29N3O3/c1-4-14-5-7-15(8-6-14)22-20(25)23-11-16-9-17(18(12-23)26-16)19(24)21-10-13(2)3/h5-8,13,16-18H,4,9-12H2,1-3H3,(H,21,24)(H,22,25)/t16-,17+,18-/m0/s1. The third kappa shape index (κ3) is 4.36. The minimum atomic E-state index is -0.214. The molecular formula is C20H29N3O3. The molecule has 2 saturated heterocycles. The number of benzene rings is 1. The van der Waals surface area contributed by atoms with Gasteiger partial charge in [0.25, 0.3) is 0 Å². The van der Waals surface area contributed by atoms with E-state index in [1.165, 1.54) is 5.56 Å². The van der Waals surface area contributed by atoms with Crippen molar-refractivity contribution in [1.29, 1.82) is 0 Å². The van der Waals surface area contributed by atoms with Crippen LogP contribution < -0.4 is 10.6 Å². The molecule has 2 aliphatic rings. The van der Waals surface area contributed by atoms with E-state index in [0.29, 0.717) is 32.0 Å². The number of carbonyl (C=O) groups is 2. The number of amides is 3. The lowest BCUT2D eigenvalue weighted by Crippen LogP contribution is -2.49. The van der Waals surface area contributed by atoms with Crippen LogP contribution in [0.3, 0.4) is 0 Å². The molecule has 1 aromatic carbocycles. The summed E-state index contributed by atoms with van der Waals surface area (Å²) in [4.78, 5) is 26.8. The van der Waals surface area contributed by atoms with Gasteiger partial charge in [0.1, 0.15) is 0 Å². The summed E-state index contributed by atoms with van der Waals surface area (Å²) in [5.74, 6) is 0.297. The second kappa shape index (κ2) is 8.08. The zero-order chi connectivity index (χ0) is 18.7. The van der Waals surface area contributed by atoms with Crippen molar-refractivity contribution in [3.05, 3.63) is 29.8 Å². The fourth-order valence-electron chi connectivity index (χ4n) is 3.56. The Balaban J connectivity index is 1.56. The minimum Gasteiger partial charge on any atom is -0.370 e. The molecule has 2 fully saturated rings. The number of nitrogens with zero attached hydrogens (tertiary/aromatic N) is 1. The lowest BCUT2D eigenvalue weighted by molar-refractivity contribution is -0.127. The number of urea groups is 1. The number of hydrogen-bond acceptors (Lipinski definition) is 3. The molecule has 3 amide bonds. The monoisotopic (exact) mass is 359 g/mol. The highest BCUT2D eigenvalue weighted by Crippen LogP contribution is 2.32. The number of hydrogen-bond donors (Lipinski definition) is 2. The SMILES string of the molecule is CCc1ccc(NC(=O)N2C[C@@H]3C[C@@H](C(=O)NCC(C)C)[C@H](C2)O3)cc1. The Morgan fingerprint density at radius 1 is 1.23 bits per heavy atom. The van der Waals surface area contributed by atoms with Crippen LogP contribution in [0.25, 0.3) is 0 Å². The van der Waals surface area contributed by atoms with E-state index in [9.17, 15) is 9.59 Å². The van der Waals surface area contributed by atoms with Gasteiger partial charge in [0, 0.05) is 25.3 Å². The van der Waals surface area contributed by atoms with E-state index in [0.717, 1.165) is 12.1 Å². The van der Waals surface area contributed by atoms with Gasteiger partial charge < -0.3 is 20.3 Å². The highest BCUT2D eigenvalue weighted by Gasteiger charge is 2.45. The van der Waals surface area contributed by atoms with Gasteiger partial charge in [-0.15, -0.1) is 0 Å². The van der Waals surface area contributed by atoms with Crippen molar-refractivity contribution in [1.82, 2.24) is 10.2 Å². The normalized spacial score (nSPS) is 24.6. The fraction of sp³-hybridized carbons (Fsp3) is 0.600. The molecule has 2 N–H and O–H groups in total. The van der Waals surface area contributed by atoms with Gasteiger partial charge in [-0.1, -0.05) is 32.9 Å². The second-order valence-corrected chi connectivity index (χ2v) is 7.66. The quantitative estimate of drug-likeness (QED) is 0.849. The molecule has 6 heteroatoms. The zero-order valence-corrected chi connectivity index (χ0v) is 15.8. The number of likely N-dealkylation sites (tertiary alicyclic amines) is 1. The molecule has 0 unspecified atom stereocenters. The van der Waals surface area contributed by atoms with Crippen LogP contribution >= 0.6 is 0 Å². The molecule has 2 bridgehead atoms. The molecule has 3 atom stereocenters. The Hall–Kier alpha value is -2.08. The van der Waals surface area contributed by atoms with Crippen molar-refractivity contribution in [3.8, 4) is 0 Å². The number of ether oxygens (including phenoxy) is 1. The van der Waals surface area contributed by atoms with Gasteiger partial charge in [0.2, 0.25) is 5.91 Å². The molecule has 2 aliphatic heterocycles. The minimum absolute atomic E-state index is 0.0450. The molecule has 26 heavy (non-hydrogen) atoms. The Kier molecular flexibility index (Phi) is 5.81. The largest absolute Gasteiger partial charge is 0.370 e. The van der Waals surface area contributed by atoms with E-state index in [4.69, 9.17) is 4.74 Å². The Labute approximate surface area is 155 Å². The van der Waals surface area contributed by atoms with Crippen LogP contribution in [-0.2, 0) is 16.0 Å². The van der Waals surface area contributed by atoms with Gasteiger partial charge in [-0.2, -0.15) is 0 Å². The molecule has 142 valence electrons. The first kappa shape index (κ1) is 18.7. The van der Waals surface area contributed by atoms with E-state index in [-0.39, 0.29) is 30.1 Å². The van der Waals surface area contributed by atoms with E-state index >= 15 is 0 Å². The van der Waals surface area contributed by atoms with Crippen LogP contribution in [0.2, 0.25) is 0 Å². The molecule has 0 aliphatic carbocycles. The van der Waals surface area contributed by atoms with E-state index in [1.54, 1.807) is 4.90 Å². The smallest absolute Gasteiger partial charge is 0.322 e. The van der Waals surface area contributed by atoms with E-state index < -0.39 is 0 Å². The number of anilines is 1. The Morgan fingerprint density at radius 2 is 1.96 bits per heavy atom. The van der Waals surface area contributed by atoms with Crippen molar-refractivity contribution in [2.24, 2.45) is 11.8 Å². The number of carbonyl (C=O) groups excluding carboxylic acids is 2. The number of aryl methyl sites for hydroxylation is 1. The second-order valence-electron chi connectivity index (χ2n) is 7.66. The summed E-state index contributed by atoms with van der Waals surface area (Å²) < 4.78 is 5.92. The maximum absolute atomic E-state index is 12.6. The lowest BCUT2D eigenvalue weighted by Gasteiger charge is -2.32. The van der Waals surface area contributed by atoms with Gasteiger partial charge in [0.15, 0.2) is 0 Å². The fourth-order valence-corrected chi connectivity index (χ4v) is 3.56. The topological polar surface area (TPSA) is 70.7 Å². The summed E-state index contributed by atoms with van der Waals surface area (Å²) in [5.41, 5.74) is 2.03. The molecule has 0 radical (unpaired) electrons. The van der Waals surface area contributed by atoms with Crippen molar-refractivity contribution in [2.45, 2.75) is 45.8 Å². The molecule has 2 heterocycles. The number of nitrogens with one attached hydrogen (secondary N) is 2. The Morgan fingerprint density at radius 3 is 2.62 bits per heavy atom. The van der Waals surface area contributed by atoms with Gasteiger partial charge in [-0.3, -0.25) is 4.79 Å². The summed E-state index contributed by atoms with van der Waals surface area (Å²) in [7, 11) is 0. The van der Waals surface area contributed by atoms with Crippen LogP contribution in [0.1, 0.15) is 32.8 Å². The first-order valence-electron chi connectivity index (χ1n) is 9.54. The van der Waals surface area contributed by atoms with Gasteiger partial charge in [-0.05, 0) is 36.5 Å². The zero-order valence-electron chi connectivity index (χ0n) is 15.8. The van der Waals surface area contributed by atoms with Crippen molar-refractivity contribution in [3.63, 3.8) is 0 Å². The highest BCUT2D eigenvalue weighted by atomic mass is 16.5. The predicted molar refractivity (Wildman–Crippen MR) is 101 cm³/mol. The number of morpholine rings is 1. The predicted octanol–water partition coefficient (Wildman–Crippen LogP) is 2.64. The summed E-state index contributed by atoms with van der Waals surface area (Å²) in [5, 5.41) is 5.94. The maximum Gasteiger partial charge on any atom is 0.322 e. The average Bonchev–Trinajstić information content (AvgIpc) is 2.94. The Bertz CT molecular complexity index is 644. The number of rotatable bonds is 5. The number of fused-ring (bicyclic) bond motifs is 2. The molecular weight excluding hydrogens is 330 g/mol. The van der Waals surface area contributed by atoms with E-state index in [2.05, 4.69) is 31.4 Å². The first-order valence-corrected chi connectivity index (χ1v) is 9.54. The first-order chi connectivity index (χ1) is 12.5. The summed E-state index contributed by atoms with van der Waals surface area (Å²) in [6, 6.07) is 7.76. The van der Waals surface area contributed by atoms with Crippen LogP contribution in [-0.4, -0.2) is 48.7 Å². The molecule has 3 rings (SSSR count). The van der Waals surface area contributed by atoms with Crippen LogP contribution in [0.15, 0.2) is 24.3 Å². The van der Waals surface area contributed by atoms with E-state index in [1.807, 2.05) is 24.3 Å². The van der Waals surface area contributed by atoms with Gasteiger partial charge in [-0.25, -0.2) is 4.79 Å². The third-order valence-electron chi connectivity index (χ3n) is 5.08. The van der Waals surface area contributed by atoms with Gasteiger partial charge >= 0.3 is 6.03 Å². The summed E-state index contributed by atoms with van der Waals surface area (Å²) >= 11 is 0. The molecule has 0 spiro atoms.